The lowest BCUT2D eigenvalue weighted by Gasteiger charge is -2.25. The number of ether oxygens (including phenoxy) is 1. The van der Waals surface area contributed by atoms with Gasteiger partial charge in [-0.05, 0) is 36.2 Å². The SMILES string of the molecule is N#CC(c1ccc2c(c1)CCO2)N1CCCNCC1. The molecule has 3 rings (SSSR count). The first-order chi connectivity index (χ1) is 9.38. The third-order valence-corrected chi connectivity index (χ3v) is 3.89. The summed E-state index contributed by atoms with van der Waals surface area (Å²) in [5, 5.41) is 12.9. The molecular formula is C15H19N3O. The van der Waals surface area contributed by atoms with Gasteiger partial charge in [-0.2, -0.15) is 5.26 Å². The van der Waals surface area contributed by atoms with Crippen molar-refractivity contribution in [2.24, 2.45) is 0 Å². The van der Waals surface area contributed by atoms with Gasteiger partial charge in [-0.15, -0.1) is 0 Å². The first-order valence-electron chi connectivity index (χ1n) is 6.98. The van der Waals surface area contributed by atoms with Crippen LogP contribution < -0.4 is 10.1 Å². The lowest BCUT2D eigenvalue weighted by Crippen LogP contribution is -2.31. The number of rotatable bonds is 2. The van der Waals surface area contributed by atoms with E-state index >= 15 is 0 Å². The number of benzene rings is 1. The molecule has 0 aromatic heterocycles. The fraction of sp³-hybridized carbons (Fsp3) is 0.533. The number of nitrogens with one attached hydrogen (secondary N) is 1. The molecule has 2 aliphatic rings. The van der Waals surface area contributed by atoms with Crippen molar-refractivity contribution in [3.05, 3.63) is 29.3 Å². The van der Waals surface area contributed by atoms with Gasteiger partial charge in [-0.1, -0.05) is 6.07 Å². The average Bonchev–Trinajstić information content (AvgIpc) is 2.74. The maximum atomic E-state index is 9.53. The number of nitriles is 1. The van der Waals surface area contributed by atoms with Gasteiger partial charge >= 0.3 is 0 Å². The van der Waals surface area contributed by atoms with Gasteiger partial charge in [-0.25, -0.2) is 0 Å². The Kier molecular flexibility index (Phi) is 3.67. The van der Waals surface area contributed by atoms with Gasteiger partial charge in [0, 0.05) is 26.1 Å². The summed E-state index contributed by atoms with van der Waals surface area (Å²) in [7, 11) is 0. The summed E-state index contributed by atoms with van der Waals surface area (Å²) in [4.78, 5) is 2.28. The van der Waals surface area contributed by atoms with Crippen LogP contribution in [0.25, 0.3) is 0 Å². The van der Waals surface area contributed by atoms with Crippen molar-refractivity contribution < 1.29 is 4.74 Å². The summed E-state index contributed by atoms with van der Waals surface area (Å²) in [6.07, 6.45) is 2.06. The van der Waals surface area contributed by atoms with E-state index in [1.807, 2.05) is 12.1 Å². The lowest BCUT2D eigenvalue weighted by molar-refractivity contribution is 0.252. The van der Waals surface area contributed by atoms with Crippen LogP contribution in [-0.2, 0) is 6.42 Å². The summed E-state index contributed by atoms with van der Waals surface area (Å²) in [6.45, 7) is 4.70. The third-order valence-electron chi connectivity index (χ3n) is 3.89. The van der Waals surface area contributed by atoms with E-state index in [1.54, 1.807) is 0 Å². The monoisotopic (exact) mass is 257 g/mol. The zero-order chi connectivity index (χ0) is 13.1. The molecule has 2 aliphatic heterocycles. The van der Waals surface area contributed by atoms with E-state index < -0.39 is 0 Å². The Hall–Kier alpha value is -1.57. The molecule has 19 heavy (non-hydrogen) atoms. The Morgan fingerprint density at radius 1 is 1.32 bits per heavy atom. The van der Waals surface area contributed by atoms with E-state index in [4.69, 9.17) is 4.74 Å². The quantitative estimate of drug-likeness (QED) is 0.872. The highest BCUT2D eigenvalue weighted by molar-refractivity contribution is 5.42. The molecule has 1 aromatic carbocycles. The summed E-state index contributed by atoms with van der Waals surface area (Å²) in [5.41, 5.74) is 2.35. The second kappa shape index (κ2) is 5.60. The molecule has 0 saturated carbocycles. The van der Waals surface area contributed by atoms with Crippen molar-refractivity contribution in [2.75, 3.05) is 32.8 Å². The van der Waals surface area contributed by atoms with E-state index in [0.717, 1.165) is 56.9 Å². The minimum Gasteiger partial charge on any atom is -0.493 e. The molecule has 0 aliphatic carbocycles. The Morgan fingerprint density at radius 3 is 3.16 bits per heavy atom. The van der Waals surface area contributed by atoms with Gasteiger partial charge in [0.25, 0.3) is 0 Å². The zero-order valence-corrected chi connectivity index (χ0v) is 11.1. The molecular weight excluding hydrogens is 238 g/mol. The first-order valence-corrected chi connectivity index (χ1v) is 6.98. The maximum Gasteiger partial charge on any atom is 0.123 e. The van der Waals surface area contributed by atoms with Crippen molar-refractivity contribution >= 4 is 0 Å². The number of nitrogens with zero attached hydrogens (tertiary/aromatic N) is 2. The van der Waals surface area contributed by atoms with E-state index in [2.05, 4.69) is 22.4 Å². The minimum atomic E-state index is -0.134. The normalized spacial score (nSPS) is 21.0. The van der Waals surface area contributed by atoms with Crippen molar-refractivity contribution in [1.29, 1.82) is 5.26 Å². The first kappa shape index (κ1) is 12.5. The largest absolute Gasteiger partial charge is 0.493 e. The van der Waals surface area contributed by atoms with Gasteiger partial charge in [-0.3, -0.25) is 4.90 Å². The van der Waals surface area contributed by atoms with Crippen LogP contribution in [0.3, 0.4) is 0 Å². The van der Waals surface area contributed by atoms with Gasteiger partial charge in [0.05, 0.1) is 12.7 Å². The van der Waals surface area contributed by atoms with Gasteiger partial charge < -0.3 is 10.1 Å². The van der Waals surface area contributed by atoms with E-state index in [-0.39, 0.29) is 6.04 Å². The van der Waals surface area contributed by atoms with Crippen LogP contribution in [0.5, 0.6) is 5.75 Å². The number of hydrogen-bond donors (Lipinski definition) is 1. The van der Waals surface area contributed by atoms with Crippen LogP contribution in [0, 0.1) is 11.3 Å². The van der Waals surface area contributed by atoms with Crippen LogP contribution in [-0.4, -0.2) is 37.7 Å². The molecule has 1 aromatic rings. The summed E-state index contributed by atoms with van der Waals surface area (Å²) in [6, 6.07) is 8.53. The van der Waals surface area contributed by atoms with Crippen molar-refractivity contribution in [3.8, 4) is 11.8 Å². The predicted molar refractivity (Wildman–Crippen MR) is 73.1 cm³/mol. The van der Waals surface area contributed by atoms with Crippen LogP contribution in [0.2, 0.25) is 0 Å². The number of fused-ring (bicyclic) bond motifs is 1. The lowest BCUT2D eigenvalue weighted by atomic mass is 10.0. The molecule has 0 radical (unpaired) electrons. The van der Waals surface area contributed by atoms with Crippen LogP contribution >= 0.6 is 0 Å². The topological polar surface area (TPSA) is 48.3 Å². The molecule has 1 atom stereocenters. The molecule has 4 heteroatoms. The molecule has 1 N–H and O–H groups in total. The second-order valence-corrected chi connectivity index (χ2v) is 5.14. The molecule has 1 fully saturated rings. The fourth-order valence-electron chi connectivity index (χ4n) is 2.87. The molecule has 100 valence electrons. The summed E-state index contributed by atoms with van der Waals surface area (Å²) >= 11 is 0. The Balaban J connectivity index is 1.83. The van der Waals surface area contributed by atoms with Gasteiger partial charge in [0.15, 0.2) is 0 Å². The molecule has 0 amide bonds. The highest BCUT2D eigenvalue weighted by Crippen LogP contribution is 2.30. The van der Waals surface area contributed by atoms with Crippen LogP contribution in [0.1, 0.15) is 23.6 Å². The molecule has 4 nitrogen and oxygen atoms in total. The maximum absolute atomic E-state index is 9.53. The zero-order valence-electron chi connectivity index (χ0n) is 11.1. The minimum absolute atomic E-state index is 0.134. The molecule has 1 unspecified atom stereocenters. The van der Waals surface area contributed by atoms with Gasteiger partial charge in [0.1, 0.15) is 11.8 Å². The van der Waals surface area contributed by atoms with Crippen molar-refractivity contribution in [3.63, 3.8) is 0 Å². The summed E-state index contributed by atoms with van der Waals surface area (Å²) < 4.78 is 5.53. The Labute approximate surface area is 114 Å². The van der Waals surface area contributed by atoms with E-state index in [1.165, 1.54) is 5.56 Å². The van der Waals surface area contributed by atoms with Crippen LogP contribution in [0.15, 0.2) is 18.2 Å². The highest BCUT2D eigenvalue weighted by Gasteiger charge is 2.23. The van der Waals surface area contributed by atoms with Gasteiger partial charge in [0.2, 0.25) is 0 Å². The fourth-order valence-corrected chi connectivity index (χ4v) is 2.87. The summed E-state index contributed by atoms with van der Waals surface area (Å²) in [5.74, 6) is 0.984. The Morgan fingerprint density at radius 2 is 2.26 bits per heavy atom. The Bertz CT molecular complexity index is 487. The standard InChI is InChI=1S/C15H19N3O/c16-11-14(18-7-1-5-17-6-8-18)12-2-3-15-13(10-12)4-9-19-15/h2-3,10,14,17H,1,4-9H2. The smallest absolute Gasteiger partial charge is 0.123 e. The van der Waals surface area contributed by atoms with Crippen molar-refractivity contribution in [2.45, 2.75) is 18.9 Å². The van der Waals surface area contributed by atoms with E-state index in [9.17, 15) is 5.26 Å². The highest BCUT2D eigenvalue weighted by atomic mass is 16.5. The predicted octanol–water partition coefficient (Wildman–Crippen LogP) is 1.48. The molecule has 0 spiro atoms. The second-order valence-electron chi connectivity index (χ2n) is 5.14. The third kappa shape index (κ3) is 2.58. The average molecular weight is 257 g/mol. The number of hydrogen-bond acceptors (Lipinski definition) is 4. The van der Waals surface area contributed by atoms with Crippen LogP contribution in [0.4, 0.5) is 0 Å². The van der Waals surface area contributed by atoms with E-state index in [0.29, 0.717) is 0 Å². The molecule has 0 bridgehead atoms. The van der Waals surface area contributed by atoms with Crippen molar-refractivity contribution in [1.82, 2.24) is 10.2 Å². The molecule has 1 saturated heterocycles. The molecule has 2 heterocycles.